The van der Waals surface area contributed by atoms with Crippen LogP contribution in [0.2, 0.25) is 0 Å². The molecule has 0 amide bonds. The molecule has 7 nitrogen and oxygen atoms in total. The summed E-state index contributed by atoms with van der Waals surface area (Å²) in [6, 6.07) is 1.76. The fourth-order valence-corrected chi connectivity index (χ4v) is 1.20. The van der Waals surface area contributed by atoms with Gasteiger partial charge in [-0.3, -0.25) is 5.10 Å². The molecule has 0 aliphatic carbocycles. The summed E-state index contributed by atoms with van der Waals surface area (Å²) in [5.41, 5.74) is 0.840. The molecule has 16 heavy (non-hydrogen) atoms. The van der Waals surface area contributed by atoms with Crippen molar-refractivity contribution in [2.75, 3.05) is 12.4 Å². The van der Waals surface area contributed by atoms with Crippen molar-refractivity contribution < 1.29 is 4.74 Å². The van der Waals surface area contributed by atoms with Crippen LogP contribution in [0.5, 0.6) is 5.88 Å². The summed E-state index contributed by atoms with van der Waals surface area (Å²) in [6.45, 7) is 2.37. The average molecular weight is 220 g/mol. The number of hydrogen-bond donors (Lipinski definition) is 2. The van der Waals surface area contributed by atoms with Crippen molar-refractivity contribution in [2.24, 2.45) is 0 Å². The van der Waals surface area contributed by atoms with Gasteiger partial charge in [0, 0.05) is 11.8 Å². The molecule has 0 unspecified atom stereocenters. The Morgan fingerprint density at radius 1 is 1.44 bits per heavy atom. The van der Waals surface area contributed by atoms with E-state index in [0.29, 0.717) is 18.4 Å². The van der Waals surface area contributed by atoms with Crippen LogP contribution in [0.4, 0.5) is 5.95 Å². The van der Waals surface area contributed by atoms with E-state index in [4.69, 9.17) is 4.74 Å². The standard InChI is InChI=1S/C9H12N6O/c1-6-3-8(16-2)14-9(13-6)10-4-7-11-5-12-15-7/h3,5H,4H2,1-2H3,(H,10,13,14)(H,11,12,15). The van der Waals surface area contributed by atoms with Crippen molar-refractivity contribution in [3.8, 4) is 5.88 Å². The van der Waals surface area contributed by atoms with Crippen LogP contribution in [0, 0.1) is 6.92 Å². The summed E-state index contributed by atoms with van der Waals surface area (Å²) in [6.07, 6.45) is 1.45. The molecule has 0 bridgehead atoms. The van der Waals surface area contributed by atoms with E-state index in [1.54, 1.807) is 13.2 Å². The molecule has 2 heterocycles. The van der Waals surface area contributed by atoms with Crippen molar-refractivity contribution in [1.82, 2.24) is 25.1 Å². The zero-order valence-electron chi connectivity index (χ0n) is 9.06. The Kier molecular flexibility index (Phi) is 2.95. The van der Waals surface area contributed by atoms with E-state index in [9.17, 15) is 0 Å². The summed E-state index contributed by atoms with van der Waals surface area (Å²) >= 11 is 0. The molecule has 0 atom stereocenters. The van der Waals surface area contributed by atoms with E-state index < -0.39 is 0 Å². The van der Waals surface area contributed by atoms with Crippen LogP contribution in [-0.4, -0.2) is 32.3 Å². The topological polar surface area (TPSA) is 88.6 Å². The quantitative estimate of drug-likeness (QED) is 0.781. The van der Waals surface area contributed by atoms with Crippen LogP contribution in [-0.2, 0) is 6.54 Å². The molecule has 0 saturated carbocycles. The smallest absolute Gasteiger partial charge is 0.226 e. The largest absolute Gasteiger partial charge is 0.481 e. The fourth-order valence-electron chi connectivity index (χ4n) is 1.20. The van der Waals surface area contributed by atoms with Crippen LogP contribution in [0.1, 0.15) is 11.5 Å². The summed E-state index contributed by atoms with van der Waals surface area (Å²) < 4.78 is 5.05. The lowest BCUT2D eigenvalue weighted by atomic mass is 10.4. The predicted molar refractivity (Wildman–Crippen MR) is 57.0 cm³/mol. The number of hydrogen-bond acceptors (Lipinski definition) is 6. The third-order valence-electron chi connectivity index (χ3n) is 1.92. The third-order valence-corrected chi connectivity index (χ3v) is 1.92. The highest BCUT2D eigenvalue weighted by Gasteiger charge is 2.02. The van der Waals surface area contributed by atoms with Crippen molar-refractivity contribution in [2.45, 2.75) is 13.5 Å². The molecule has 0 aromatic carbocycles. The monoisotopic (exact) mass is 220 g/mol. The average Bonchev–Trinajstić information content (AvgIpc) is 2.78. The van der Waals surface area contributed by atoms with E-state index >= 15 is 0 Å². The molecule has 2 rings (SSSR count). The van der Waals surface area contributed by atoms with Crippen molar-refractivity contribution in [3.05, 3.63) is 23.9 Å². The SMILES string of the molecule is COc1cc(C)nc(NCc2ncn[nH]2)n1. The minimum absolute atomic E-state index is 0.493. The maximum absolute atomic E-state index is 5.05. The molecule has 0 saturated heterocycles. The van der Waals surface area contributed by atoms with E-state index in [1.165, 1.54) is 6.33 Å². The Labute approximate surface area is 92.3 Å². The van der Waals surface area contributed by atoms with E-state index in [-0.39, 0.29) is 0 Å². The number of aromatic nitrogens is 5. The third kappa shape index (κ3) is 2.44. The highest BCUT2D eigenvalue weighted by molar-refractivity contribution is 5.30. The van der Waals surface area contributed by atoms with Gasteiger partial charge in [-0.2, -0.15) is 10.1 Å². The zero-order chi connectivity index (χ0) is 11.4. The zero-order valence-corrected chi connectivity index (χ0v) is 9.06. The molecule has 7 heteroatoms. The van der Waals surface area contributed by atoms with Gasteiger partial charge in [-0.15, -0.1) is 0 Å². The lowest BCUT2D eigenvalue weighted by Crippen LogP contribution is -2.06. The summed E-state index contributed by atoms with van der Waals surface area (Å²) in [4.78, 5) is 12.3. The van der Waals surface area contributed by atoms with Gasteiger partial charge in [-0.25, -0.2) is 9.97 Å². The molecule has 2 aromatic rings. The number of H-pyrrole nitrogens is 1. The van der Waals surface area contributed by atoms with Gasteiger partial charge >= 0.3 is 0 Å². The Morgan fingerprint density at radius 2 is 2.31 bits per heavy atom. The van der Waals surface area contributed by atoms with E-state index in [1.807, 2.05) is 6.92 Å². The summed E-state index contributed by atoms with van der Waals surface area (Å²) in [5, 5.41) is 9.51. The minimum Gasteiger partial charge on any atom is -0.481 e. The first-order valence-electron chi connectivity index (χ1n) is 4.75. The second-order valence-electron chi connectivity index (χ2n) is 3.16. The molecular weight excluding hydrogens is 208 g/mol. The van der Waals surface area contributed by atoms with Crippen LogP contribution in [0.25, 0.3) is 0 Å². The molecule has 0 radical (unpaired) electrons. The maximum atomic E-state index is 5.05. The van der Waals surface area contributed by atoms with Gasteiger partial charge in [0.05, 0.1) is 13.7 Å². The first-order valence-corrected chi connectivity index (χ1v) is 4.75. The normalized spacial score (nSPS) is 10.1. The number of ether oxygens (including phenoxy) is 1. The van der Waals surface area contributed by atoms with Crippen molar-refractivity contribution in [3.63, 3.8) is 0 Å². The summed E-state index contributed by atoms with van der Waals surface area (Å²) in [5.74, 6) is 1.77. The van der Waals surface area contributed by atoms with Crippen LogP contribution >= 0.6 is 0 Å². The number of methoxy groups -OCH3 is 1. The molecule has 2 N–H and O–H groups in total. The number of aromatic amines is 1. The fraction of sp³-hybridized carbons (Fsp3) is 0.333. The van der Waals surface area contributed by atoms with Gasteiger partial charge in [0.15, 0.2) is 0 Å². The number of rotatable bonds is 4. The van der Waals surface area contributed by atoms with Crippen LogP contribution in [0.3, 0.4) is 0 Å². The molecule has 0 aliphatic rings. The number of aryl methyl sites for hydroxylation is 1. The first kappa shape index (κ1) is 10.3. The predicted octanol–water partition coefficient (Wildman–Crippen LogP) is 0.524. The van der Waals surface area contributed by atoms with Gasteiger partial charge in [0.1, 0.15) is 12.2 Å². The highest BCUT2D eigenvalue weighted by Crippen LogP contribution is 2.11. The molecule has 0 spiro atoms. The Morgan fingerprint density at radius 3 is 3.00 bits per heavy atom. The lowest BCUT2D eigenvalue weighted by Gasteiger charge is -2.05. The molecule has 84 valence electrons. The number of nitrogens with one attached hydrogen (secondary N) is 2. The Balaban J connectivity index is 2.06. The summed E-state index contributed by atoms with van der Waals surface area (Å²) in [7, 11) is 1.57. The minimum atomic E-state index is 0.493. The van der Waals surface area contributed by atoms with Gasteiger partial charge in [0.2, 0.25) is 11.8 Å². The van der Waals surface area contributed by atoms with Gasteiger partial charge in [0.25, 0.3) is 0 Å². The van der Waals surface area contributed by atoms with Crippen LogP contribution in [0.15, 0.2) is 12.4 Å². The van der Waals surface area contributed by atoms with Gasteiger partial charge in [-0.05, 0) is 6.92 Å². The Hall–Kier alpha value is -2.18. The van der Waals surface area contributed by atoms with Gasteiger partial charge in [-0.1, -0.05) is 0 Å². The van der Waals surface area contributed by atoms with Gasteiger partial charge < -0.3 is 10.1 Å². The van der Waals surface area contributed by atoms with Crippen LogP contribution < -0.4 is 10.1 Å². The molecule has 2 aromatic heterocycles. The van der Waals surface area contributed by atoms with Crippen molar-refractivity contribution >= 4 is 5.95 Å². The molecule has 0 fully saturated rings. The first-order chi connectivity index (χ1) is 7.78. The lowest BCUT2D eigenvalue weighted by molar-refractivity contribution is 0.397. The van der Waals surface area contributed by atoms with Crippen molar-refractivity contribution in [1.29, 1.82) is 0 Å². The highest BCUT2D eigenvalue weighted by atomic mass is 16.5. The van der Waals surface area contributed by atoms with E-state index in [2.05, 4.69) is 30.5 Å². The van der Waals surface area contributed by atoms with E-state index in [0.717, 1.165) is 11.5 Å². The maximum Gasteiger partial charge on any atom is 0.226 e. The molecular formula is C9H12N6O. The molecule has 0 aliphatic heterocycles. The number of anilines is 1. The Bertz CT molecular complexity index is 455. The number of nitrogens with zero attached hydrogens (tertiary/aromatic N) is 4. The second kappa shape index (κ2) is 4.56. The second-order valence-corrected chi connectivity index (χ2v) is 3.16.